The van der Waals surface area contributed by atoms with Gasteiger partial charge >= 0.3 is 0 Å². The Hall–Kier alpha value is -1.94. The predicted octanol–water partition coefficient (Wildman–Crippen LogP) is 2.88. The monoisotopic (exact) mass is 206 g/mol. The van der Waals surface area contributed by atoms with Crippen molar-refractivity contribution in [1.29, 1.82) is 10.5 Å². The van der Waals surface area contributed by atoms with Crippen LogP contribution in [0.4, 0.5) is 8.78 Å². The van der Waals surface area contributed by atoms with Gasteiger partial charge in [-0.3, -0.25) is 0 Å². The van der Waals surface area contributed by atoms with Crippen LogP contribution in [0, 0.1) is 34.3 Å². The van der Waals surface area contributed by atoms with Crippen LogP contribution in [-0.2, 0) is 0 Å². The molecule has 1 rings (SSSR count). The van der Waals surface area contributed by atoms with Gasteiger partial charge < -0.3 is 0 Å². The summed E-state index contributed by atoms with van der Waals surface area (Å²) in [7, 11) is 0. The van der Waals surface area contributed by atoms with Gasteiger partial charge in [-0.05, 0) is 23.8 Å². The van der Waals surface area contributed by atoms with Gasteiger partial charge in [0.1, 0.15) is 11.6 Å². The van der Waals surface area contributed by atoms with Crippen molar-refractivity contribution < 1.29 is 8.78 Å². The van der Waals surface area contributed by atoms with E-state index in [1.165, 1.54) is 0 Å². The predicted molar refractivity (Wildman–Crippen MR) is 49.6 cm³/mol. The first-order valence-corrected chi connectivity index (χ1v) is 4.38. The van der Waals surface area contributed by atoms with Crippen LogP contribution in [0.2, 0.25) is 0 Å². The number of nitriles is 2. The topological polar surface area (TPSA) is 47.6 Å². The summed E-state index contributed by atoms with van der Waals surface area (Å²) in [5.41, 5.74) is 0.0955. The normalized spacial score (nSPS) is 9.67. The first-order valence-electron chi connectivity index (χ1n) is 4.38. The summed E-state index contributed by atoms with van der Waals surface area (Å²) in [4.78, 5) is 0. The molecular formula is C11H8F2N2. The van der Waals surface area contributed by atoms with E-state index in [2.05, 4.69) is 0 Å². The summed E-state index contributed by atoms with van der Waals surface area (Å²) in [5, 5.41) is 17.0. The second kappa shape index (κ2) is 5.07. The SMILES string of the molecule is N#CCC(CC#N)c1cc(F)ccc1F. The molecule has 0 aromatic heterocycles. The fraction of sp³-hybridized carbons (Fsp3) is 0.273. The molecule has 4 heteroatoms. The van der Waals surface area contributed by atoms with E-state index in [0.29, 0.717) is 0 Å². The minimum absolute atomic E-state index is 0.00787. The van der Waals surface area contributed by atoms with Gasteiger partial charge in [0.2, 0.25) is 0 Å². The molecule has 1 aromatic rings. The van der Waals surface area contributed by atoms with E-state index in [9.17, 15) is 8.78 Å². The Morgan fingerprint density at radius 3 is 2.27 bits per heavy atom. The van der Waals surface area contributed by atoms with Crippen molar-refractivity contribution >= 4 is 0 Å². The summed E-state index contributed by atoms with van der Waals surface area (Å²) in [6.45, 7) is 0. The average molecular weight is 206 g/mol. The number of benzene rings is 1. The molecule has 0 saturated heterocycles. The molecule has 0 aliphatic heterocycles. The third-order valence-corrected chi connectivity index (χ3v) is 2.07. The second-order valence-corrected chi connectivity index (χ2v) is 3.09. The molecule has 0 N–H and O–H groups in total. The largest absolute Gasteiger partial charge is 0.207 e. The zero-order valence-corrected chi connectivity index (χ0v) is 7.87. The van der Waals surface area contributed by atoms with Crippen LogP contribution in [0.3, 0.4) is 0 Å². The average Bonchev–Trinajstić information content (AvgIpc) is 2.21. The maximum Gasteiger partial charge on any atom is 0.126 e. The van der Waals surface area contributed by atoms with Gasteiger partial charge in [-0.25, -0.2) is 8.78 Å². The van der Waals surface area contributed by atoms with Crippen molar-refractivity contribution in [2.24, 2.45) is 0 Å². The van der Waals surface area contributed by atoms with Crippen molar-refractivity contribution in [3.05, 3.63) is 35.4 Å². The quantitative estimate of drug-likeness (QED) is 0.763. The highest BCUT2D eigenvalue weighted by molar-refractivity contribution is 5.24. The number of rotatable bonds is 3. The summed E-state index contributed by atoms with van der Waals surface area (Å²) in [5.74, 6) is -1.70. The molecule has 0 saturated carbocycles. The standard InChI is InChI=1S/C11H8F2N2/c12-9-1-2-11(13)10(7-9)8(3-5-14)4-6-15/h1-2,7-8H,3-4H2. The van der Waals surface area contributed by atoms with Gasteiger partial charge in [-0.2, -0.15) is 10.5 Å². The molecule has 0 aliphatic carbocycles. The van der Waals surface area contributed by atoms with E-state index in [4.69, 9.17) is 10.5 Å². The van der Waals surface area contributed by atoms with Crippen LogP contribution in [0.15, 0.2) is 18.2 Å². The van der Waals surface area contributed by atoms with Crippen molar-refractivity contribution in [2.45, 2.75) is 18.8 Å². The van der Waals surface area contributed by atoms with Crippen LogP contribution < -0.4 is 0 Å². The number of nitrogens with zero attached hydrogens (tertiary/aromatic N) is 2. The molecule has 0 heterocycles. The first-order chi connectivity index (χ1) is 7.19. The maximum absolute atomic E-state index is 13.3. The van der Waals surface area contributed by atoms with Crippen LogP contribution in [0.25, 0.3) is 0 Å². The van der Waals surface area contributed by atoms with Crippen molar-refractivity contribution in [3.63, 3.8) is 0 Å². The number of halogens is 2. The molecule has 0 spiro atoms. The Labute approximate surface area is 86.4 Å². The molecule has 76 valence electrons. The smallest absolute Gasteiger partial charge is 0.126 e. The van der Waals surface area contributed by atoms with E-state index in [0.717, 1.165) is 18.2 Å². The van der Waals surface area contributed by atoms with Gasteiger partial charge in [-0.15, -0.1) is 0 Å². The molecule has 2 nitrogen and oxygen atoms in total. The fourth-order valence-corrected chi connectivity index (χ4v) is 1.34. The summed E-state index contributed by atoms with van der Waals surface area (Å²) in [6, 6.07) is 6.77. The number of hydrogen-bond donors (Lipinski definition) is 0. The molecule has 0 aliphatic rings. The van der Waals surface area contributed by atoms with Crippen LogP contribution in [0.5, 0.6) is 0 Å². The third-order valence-electron chi connectivity index (χ3n) is 2.07. The molecule has 0 atom stereocenters. The van der Waals surface area contributed by atoms with E-state index >= 15 is 0 Å². The molecule has 0 unspecified atom stereocenters. The van der Waals surface area contributed by atoms with E-state index in [1.807, 2.05) is 12.1 Å². The number of hydrogen-bond acceptors (Lipinski definition) is 2. The van der Waals surface area contributed by atoms with Crippen LogP contribution in [0.1, 0.15) is 24.3 Å². The molecule has 1 aromatic carbocycles. The Kier molecular flexibility index (Phi) is 3.76. The van der Waals surface area contributed by atoms with Gasteiger partial charge in [0, 0.05) is 18.8 Å². The van der Waals surface area contributed by atoms with Gasteiger partial charge in [0.05, 0.1) is 12.1 Å². The zero-order valence-electron chi connectivity index (χ0n) is 7.87. The highest BCUT2D eigenvalue weighted by atomic mass is 19.1. The second-order valence-electron chi connectivity index (χ2n) is 3.09. The van der Waals surface area contributed by atoms with E-state index in [1.54, 1.807) is 0 Å². The molecule has 0 amide bonds. The lowest BCUT2D eigenvalue weighted by Crippen LogP contribution is -2.01. The molecule has 0 fully saturated rings. The summed E-state index contributed by atoms with van der Waals surface area (Å²) in [6.07, 6.45) is 0.0157. The third kappa shape index (κ3) is 2.75. The molecule has 0 bridgehead atoms. The minimum Gasteiger partial charge on any atom is -0.207 e. The molecular weight excluding hydrogens is 198 g/mol. The van der Waals surface area contributed by atoms with Crippen LogP contribution in [-0.4, -0.2) is 0 Å². The maximum atomic E-state index is 13.3. The van der Waals surface area contributed by atoms with Crippen LogP contribution >= 0.6 is 0 Å². The highest BCUT2D eigenvalue weighted by Gasteiger charge is 2.16. The van der Waals surface area contributed by atoms with Crippen molar-refractivity contribution in [3.8, 4) is 12.1 Å². The van der Waals surface area contributed by atoms with E-state index < -0.39 is 17.6 Å². The van der Waals surface area contributed by atoms with E-state index in [-0.39, 0.29) is 18.4 Å². The summed E-state index contributed by atoms with van der Waals surface area (Å²) >= 11 is 0. The highest BCUT2D eigenvalue weighted by Crippen LogP contribution is 2.25. The molecule has 15 heavy (non-hydrogen) atoms. The lowest BCUT2D eigenvalue weighted by molar-refractivity contribution is 0.562. The Morgan fingerprint density at radius 2 is 1.73 bits per heavy atom. The fourth-order valence-electron chi connectivity index (χ4n) is 1.34. The minimum atomic E-state index is -0.577. The zero-order chi connectivity index (χ0) is 11.3. The summed E-state index contributed by atoms with van der Waals surface area (Å²) < 4.78 is 26.1. The van der Waals surface area contributed by atoms with Crippen molar-refractivity contribution in [1.82, 2.24) is 0 Å². The van der Waals surface area contributed by atoms with Gasteiger partial charge in [0.25, 0.3) is 0 Å². The Morgan fingerprint density at radius 1 is 1.13 bits per heavy atom. The van der Waals surface area contributed by atoms with Crippen molar-refractivity contribution in [2.75, 3.05) is 0 Å². The first kappa shape index (κ1) is 11.1. The Bertz CT molecular complexity index is 413. The van der Waals surface area contributed by atoms with Gasteiger partial charge in [-0.1, -0.05) is 0 Å². The lowest BCUT2D eigenvalue weighted by Gasteiger charge is -2.10. The lowest BCUT2D eigenvalue weighted by atomic mass is 9.93. The van der Waals surface area contributed by atoms with Gasteiger partial charge in [0.15, 0.2) is 0 Å². The Balaban J connectivity index is 3.06. The molecule has 0 radical (unpaired) electrons.